The van der Waals surface area contributed by atoms with Crippen LogP contribution < -0.4 is 10.6 Å². The maximum Gasteiger partial charge on any atom is 0.319 e. The van der Waals surface area contributed by atoms with E-state index in [9.17, 15) is 4.79 Å². The van der Waals surface area contributed by atoms with Gasteiger partial charge in [0.15, 0.2) is 0 Å². The number of aromatic nitrogens is 1. The lowest BCUT2D eigenvalue weighted by atomic mass is 10.1. The second kappa shape index (κ2) is 6.23. The number of amides is 2. The van der Waals surface area contributed by atoms with Crippen molar-refractivity contribution in [3.05, 3.63) is 46.8 Å². The van der Waals surface area contributed by atoms with Crippen molar-refractivity contribution >= 4 is 11.7 Å². The van der Waals surface area contributed by atoms with Gasteiger partial charge in [-0.3, -0.25) is 0 Å². The highest BCUT2D eigenvalue weighted by Gasteiger charge is 2.04. The van der Waals surface area contributed by atoms with E-state index in [1.54, 1.807) is 0 Å². The lowest BCUT2D eigenvalue weighted by Crippen LogP contribution is -2.30. The first-order valence-corrected chi connectivity index (χ1v) is 6.58. The minimum atomic E-state index is -0.216. The first kappa shape index (κ1) is 14.1. The summed E-state index contributed by atoms with van der Waals surface area (Å²) in [7, 11) is 0. The second-order valence-electron chi connectivity index (χ2n) is 4.94. The summed E-state index contributed by atoms with van der Waals surface area (Å²) < 4.78 is 5.07. The summed E-state index contributed by atoms with van der Waals surface area (Å²) in [5.74, 6) is 0.772. The number of benzene rings is 1. The number of hydrogen-bond acceptors (Lipinski definition) is 3. The summed E-state index contributed by atoms with van der Waals surface area (Å²) in [6.07, 6.45) is 0.626. The third kappa shape index (κ3) is 4.12. The minimum Gasteiger partial charge on any atom is -0.361 e. The first-order valence-electron chi connectivity index (χ1n) is 6.58. The number of rotatable bonds is 4. The molecule has 2 amide bonds. The van der Waals surface area contributed by atoms with Crippen molar-refractivity contribution in [2.24, 2.45) is 0 Å². The molecule has 0 aliphatic carbocycles. The summed E-state index contributed by atoms with van der Waals surface area (Å²) in [5, 5.41) is 9.41. The molecule has 0 saturated heterocycles. The Hall–Kier alpha value is -2.30. The van der Waals surface area contributed by atoms with Crippen molar-refractivity contribution in [2.45, 2.75) is 27.2 Å². The Balaban J connectivity index is 1.80. The van der Waals surface area contributed by atoms with Crippen LogP contribution in [-0.4, -0.2) is 17.7 Å². The molecule has 5 nitrogen and oxygen atoms in total. The van der Waals surface area contributed by atoms with Gasteiger partial charge >= 0.3 is 6.03 Å². The minimum absolute atomic E-state index is 0.216. The molecule has 0 saturated carbocycles. The molecule has 5 heteroatoms. The van der Waals surface area contributed by atoms with E-state index in [2.05, 4.69) is 21.9 Å². The number of carbonyl (C=O) groups excluding carboxylic acids is 1. The van der Waals surface area contributed by atoms with Crippen LogP contribution in [0.5, 0.6) is 0 Å². The summed E-state index contributed by atoms with van der Waals surface area (Å²) in [6, 6.07) is 7.59. The Morgan fingerprint density at radius 2 is 1.85 bits per heavy atom. The van der Waals surface area contributed by atoms with E-state index in [1.807, 2.05) is 39.0 Å². The molecule has 20 heavy (non-hydrogen) atoms. The topological polar surface area (TPSA) is 67.2 Å². The van der Waals surface area contributed by atoms with Crippen LogP contribution in [0.3, 0.4) is 0 Å². The van der Waals surface area contributed by atoms with E-state index in [0.29, 0.717) is 13.0 Å². The van der Waals surface area contributed by atoms with E-state index >= 15 is 0 Å². The predicted octanol–water partition coefficient (Wildman–Crippen LogP) is 2.96. The largest absolute Gasteiger partial charge is 0.361 e. The van der Waals surface area contributed by atoms with Crippen molar-refractivity contribution in [3.8, 4) is 0 Å². The third-order valence-electron chi connectivity index (χ3n) is 2.81. The van der Waals surface area contributed by atoms with Gasteiger partial charge in [-0.15, -0.1) is 0 Å². The van der Waals surface area contributed by atoms with Gasteiger partial charge in [-0.1, -0.05) is 11.2 Å². The fourth-order valence-electron chi connectivity index (χ4n) is 2.06. The molecule has 0 unspecified atom stereocenters. The average molecular weight is 273 g/mol. The van der Waals surface area contributed by atoms with Crippen molar-refractivity contribution < 1.29 is 9.32 Å². The summed E-state index contributed by atoms with van der Waals surface area (Å²) >= 11 is 0. The molecule has 0 radical (unpaired) electrons. The predicted molar refractivity (Wildman–Crippen MR) is 77.9 cm³/mol. The number of hydrogen-bond donors (Lipinski definition) is 2. The maximum atomic E-state index is 11.8. The van der Waals surface area contributed by atoms with Crippen LogP contribution in [0.1, 0.15) is 22.6 Å². The van der Waals surface area contributed by atoms with Crippen molar-refractivity contribution in [2.75, 3.05) is 11.9 Å². The number of urea groups is 1. The van der Waals surface area contributed by atoms with Crippen LogP contribution in [0.25, 0.3) is 0 Å². The Labute approximate surface area is 118 Å². The van der Waals surface area contributed by atoms with Crippen LogP contribution in [-0.2, 0) is 6.42 Å². The second-order valence-corrected chi connectivity index (χ2v) is 4.94. The summed E-state index contributed by atoms with van der Waals surface area (Å²) in [5.41, 5.74) is 3.89. The zero-order valence-corrected chi connectivity index (χ0v) is 12.0. The van der Waals surface area contributed by atoms with Gasteiger partial charge < -0.3 is 15.2 Å². The molecule has 0 aliphatic heterocycles. The fourth-order valence-corrected chi connectivity index (χ4v) is 2.06. The maximum absolute atomic E-state index is 11.8. The van der Waals surface area contributed by atoms with Gasteiger partial charge in [0.2, 0.25) is 0 Å². The molecule has 1 aromatic carbocycles. The third-order valence-corrected chi connectivity index (χ3v) is 2.81. The molecule has 2 N–H and O–H groups in total. The average Bonchev–Trinajstić information content (AvgIpc) is 2.73. The Morgan fingerprint density at radius 3 is 2.45 bits per heavy atom. The van der Waals surface area contributed by atoms with E-state index in [-0.39, 0.29) is 6.03 Å². The Kier molecular flexibility index (Phi) is 4.40. The van der Waals surface area contributed by atoms with Gasteiger partial charge in [0.25, 0.3) is 0 Å². The lowest BCUT2D eigenvalue weighted by Gasteiger charge is -2.08. The van der Waals surface area contributed by atoms with Gasteiger partial charge in [0, 0.05) is 24.7 Å². The van der Waals surface area contributed by atoms with E-state index < -0.39 is 0 Å². The van der Waals surface area contributed by atoms with Crippen LogP contribution in [0, 0.1) is 20.8 Å². The van der Waals surface area contributed by atoms with Crippen molar-refractivity contribution in [1.29, 1.82) is 0 Å². The molecule has 0 fully saturated rings. The number of aryl methyl sites for hydroxylation is 3. The normalized spacial score (nSPS) is 10.3. The number of anilines is 1. The zero-order valence-electron chi connectivity index (χ0n) is 12.0. The molecule has 1 aromatic heterocycles. The van der Waals surface area contributed by atoms with E-state index in [4.69, 9.17) is 4.52 Å². The number of carbonyl (C=O) groups is 1. The number of nitrogens with zero attached hydrogens (tertiary/aromatic N) is 1. The molecular weight excluding hydrogens is 254 g/mol. The Bertz CT molecular complexity index is 585. The molecule has 0 atom stereocenters. The van der Waals surface area contributed by atoms with Gasteiger partial charge in [-0.25, -0.2) is 4.79 Å². The molecule has 2 aromatic rings. The summed E-state index contributed by atoms with van der Waals surface area (Å²) in [4.78, 5) is 11.8. The lowest BCUT2D eigenvalue weighted by molar-refractivity contribution is 0.252. The van der Waals surface area contributed by atoms with Crippen LogP contribution in [0.15, 0.2) is 28.8 Å². The molecule has 0 aliphatic rings. The molecular formula is C15H19N3O2. The summed E-state index contributed by atoms with van der Waals surface area (Å²) in [6.45, 7) is 6.38. The highest BCUT2D eigenvalue weighted by molar-refractivity contribution is 5.89. The van der Waals surface area contributed by atoms with Gasteiger partial charge in [-0.2, -0.15) is 0 Å². The van der Waals surface area contributed by atoms with E-state index in [0.717, 1.165) is 28.3 Å². The van der Waals surface area contributed by atoms with Gasteiger partial charge in [-0.05, 0) is 44.0 Å². The SMILES string of the molecule is Cc1cc(C)cc(NC(=O)NCCc2cc(C)no2)c1. The van der Waals surface area contributed by atoms with Crippen LogP contribution in [0.4, 0.5) is 10.5 Å². The van der Waals surface area contributed by atoms with Crippen molar-refractivity contribution in [3.63, 3.8) is 0 Å². The van der Waals surface area contributed by atoms with E-state index in [1.165, 1.54) is 0 Å². The van der Waals surface area contributed by atoms with Crippen LogP contribution >= 0.6 is 0 Å². The molecule has 1 heterocycles. The monoisotopic (exact) mass is 273 g/mol. The molecule has 2 rings (SSSR count). The number of nitrogens with one attached hydrogen (secondary N) is 2. The molecule has 0 spiro atoms. The highest BCUT2D eigenvalue weighted by Crippen LogP contribution is 2.13. The molecule has 106 valence electrons. The first-order chi connectivity index (χ1) is 9.52. The molecule has 0 bridgehead atoms. The highest BCUT2D eigenvalue weighted by atomic mass is 16.5. The quantitative estimate of drug-likeness (QED) is 0.900. The van der Waals surface area contributed by atoms with Gasteiger partial charge in [0.05, 0.1) is 5.69 Å². The van der Waals surface area contributed by atoms with Crippen molar-refractivity contribution in [1.82, 2.24) is 10.5 Å². The van der Waals surface area contributed by atoms with Gasteiger partial charge in [0.1, 0.15) is 5.76 Å². The Morgan fingerprint density at radius 1 is 1.15 bits per heavy atom. The zero-order chi connectivity index (χ0) is 14.5. The standard InChI is InChI=1S/C15H19N3O2/c1-10-6-11(2)8-13(7-10)17-15(19)16-5-4-14-9-12(3)18-20-14/h6-9H,4-5H2,1-3H3,(H2,16,17,19). The van der Waals surface area contributed by atoms with Crippen LogP contribution in [0.2, 0.25) is 0 Å². The fraction of sp³-hybridized carbons (Fsp3) is 0.333. The smallest absolute Gasteiger partial charge is 0.319 e.